The highest BCUT2D eigenvalue weighted by atomic mass is 19.1. The maximum Gasteiger partial charge on any atom is 0.256 e. The van der Waals surface area contributed by atoms with Crippen molar-refractivity contribution in [3.63, 3.8) is 0 Å². The fourth-order valence-corrected chi connectivity index (χ4v) is 4.84. The van der Waals surface area contributed by atoms with Gasteiger partial charge in [0.15, 0.2) is 0 Å². The Morgan fingerprint density at radius 2 is 1.78 bits per heavy atom. The number of nitrogens with one attached hydrogen (secondary N) is 2. The Kier molecular flexibility index (Phi) is 5.38. The van der Waals surface area contributed by atoms with E-state index in [1.165, 1.54) is 6.07 Å². The van der Waals surface area contributed by atoms with Gasteiger partial charge in [0.25, 0.3) is 5.91 Å². The number of amides is 3. The third-order valence-corrected chi connectivity index (χ3v) is 6.64. The van der Waals surface area contributed by atoms with Crippen LogP contribution in [0.3, 0.4) is 0 Å². The monoisotopic (exact) mass is 436 g/mol. The highest BCUT2D eigenvalue weighted by Crippen LogP contribution is 2.31. The second-order valence-electron chi connectivity index (χ2n) is 8.55. The maximum absolute atomic E-state index is 14.3. The minimum Gasteiger partial charge on any atom is -0.338 e. The van der Waals surface area contributed by atoms with E-state index in [0.29, 0.717) is 28.9 Å². The molecular weight excluding hydrogens is 411 g/mol. The molecular formula is C24H25FN4O3. The van der Waals surface area contributed by atoms with Gasteiger partial charge in [0.1, 0.15) is 11.9 Å². The molecule has 0 aromatic heterocycles. The number of benzene rings is 2. The van der Waals surface area contributed by atoms with E-state index < -0.39 is 6.04 Å². The van der Waals surface area contributed by atoms with E-state index in [9.17, 15) is 18.8 Å². The highest BCUT2D eigenvalue weighted by molar-refractivity contribution is 6.10. The van der Waals surface area contributed by atoms with Gasteiger partial charge in [-0.25, -0.2) is 4.39 Å². The predicted molar refractivity (Wildman–Crippen MR) is 117 cm³/mol. The van der Waals surface area contributed by atoms with Crippen LogP contribution in [0.15, 0.2) is 42.5 Å². The molecule has 3 aliphatic heterocycles. The van der Waals surface area contributed by atoms with Crippen LogP contribution in [-0.2, 0) is 9.59 Å². The molecule has 2 fully saturated rings. The van der Waals surface area contributed by atoms with Crippen molar-refractivity contribution in [2.75, 3.05) is 38.0 Å². The van der Waals surface area contributed by atoms with Gasteiger partial charge in [0.2, 0.25) is 11.8 Å². The molecule has 0 bridgehead atoms. The predicted octanol–water partition coefficient (Wildman–Crippen LogP) is 2.10. The van der Waals surface area contributed by atoms with Gasteiger partial charge in [0, 0.05) is 24.6 Å². The summed E-state index contributed by atoms with van der Waals surface area (Å²) in [6, 6.07) is 10.6. The maximum atomic E-state index is 14.3. The molecule has 3 amide bonds. The minimum atomic E-state index is -0.744. The quantitative estimate of drug-likeness (QED) is 0.756. The molecule has 3 heterocycles. The van der Waals surface area contributed by atoms with Gasteiger partial charge in [0.05, 0.1) is 17.8 Å². The van der Waals surface area contributed by atoms with Crippen LogP contribution in [-0.4, -0.2) is 66.3 Å². The summed E-state index contributed by atoms with van der Waals surface area (Å²) in [5.41, 5.74) is 1.71. The first-order valence-corrected chi connectivity index (χ1v) is 11.0. The number of carbonyl (C=O) groups excluding carboxylic acids is 3. The zero-order chi connectivity index (χ0) is 22.2. The van der Waals surface area contributed by atoms with Crippen LogP contribution in [0.1, 0.15) is 23.2 Å². The average Bonchev–Trinajstić information content (AvgIpc) is 2.93. The third kappa shape index (κ3) is 3.64. The number of piperidine rings is 1. The highest BCUT2D eigenvalue weighted by Gasteiger charge is 2.41. The number of piperazine rings is 1. The molecule has 2 aromatic carbocycles. The molecule has 1 atom stereocenters. The van der Waals surface area contributed by atoms with E-state index in [1.807, 2.05) is 0 Å². The van der Waals surface area contributed by atoms with E-state index in [4.69, 9.17) is 0 Å². The van der Waals surface area contributed by atoms with Crippen molar-refractivity contribution in [1.82, 2.24) is 15.1 Å². The number of hydrogen-bond acceptors (Lipinski definition) is 4. The molecule has 2 saturated heterocycles. The second-order valence-corrected chi connectivity index (χ2v) is 8.55. The molecule has 32 heavy (non-hydrogen) atoms. The van der Waals surface area contributed by atoms with E-state index >= 15 is 0 Å². The lowest BCUT2D eigenvalue weighted by molar-refractivity contribution is -0.140. The first-order chi connectivity index (χ1) is 15.5. The summed E-state index contributed by atoms with van der Waals surface area (Å²) in [6.07, 6.45) is 1.58. The van der Waals surface area contributed by atoms with Crippen molar-refractivity contribution in [2.24, 2.45) is 5.92 Å². The summed E-state index contributed by atoms with van der Waals surface area (Å²) in [6.45, 7) is 2.52. The van der Waals surface area contributed by atoms with Gasteiger partial charge in [-0.2, -0.15) is 0 Å². The molecule has 0 saturated carbocycles. The Labute approximate surface area is 185 Å². The summed E-state index contributed by atoms with van der Waals surface area (Å²) in [5.74, 6) is -0.933. The first kappa shape index (κ1) is 20.6. The lowest BCUT2D eigenvalue weighted by Crippen LogP contribution is -2.60. The van der Waals surface area contributed by atoms with Gasteiger partial charge in [-0.3, -0.25) is 14.4 Å². The SMILES string of the molecule is O=C1Nc2ccc(-c3ccccc3F)cc2C(=O)N2CCN(C(=O)C3CCNCC3)C[C@H]12. The fourth-order valence-electron chi connectivity index (χ4n) is 4.84. The van der Waals surface area contributed by atoms with Crippen LogP contribution in [0.25, 0.3) is 11.1 Å². The molecule has 0 unspecified atom stereocenters. The molecule has 166 valence electrons. The van der Waals surface area contributed by atoms with Gasteiger partial charge in [-0.15, -0.1) is 0 Å². The van der Waals surface area contributed by atoms with Crippen LogP contribution in [0.5, 0.6) is 0 Å². The van der Waals surface area contributed by atoms with Crippen LogP contribution >= 0.6 is 0 Å². The Bertz CT molecular complexity index is 1080. The molecule has 3 aliphatic rings. The van der Waals surface area contributed by atoms with Gasteiger partial charge >= 0.3 is 0 Å². The van der Waals surface area contributed by atoms with Crippen LogP contribution < -0.4 is 10.6 Å². The van der Waals surface area contributed by atoms with Gasteiger partial charge in [-0.1, -0.05) is 24.3 Å². The smallest absolute Gasteiger partial charge is 0.256 e. The Morgan fingerprint density at radius 3 is 2.56 bits per heavy atom. The number of rotatable bonds is 2. The molecule has 0 spiro atoms. The third-order valence-electron chi connectivity index (χ3n) is 6.64. The number of carbonyl (C=O) groups is 3. The molecule has 0 aliphatic carbocycles. The van der Waals surface area contributed by atoms with Crippen LogP contribution in [0.2, 0.25) is 0 Å². The minimum absolute atomic E-state index is 0.0344. The summed E-state index contributed by atoms with van der Waals surface area (Å²) in [4.78, 5) is 42.6. The molecule has 2 aromatic rings. The van der Waals surface area contributed by atoms with Crippen LogP contribution in [0.4, 0.5) is 10.1 Å². The number of nitrogens with zero attached hydrogens (tertiary/aromatic N) is 2. The summed E-state index contributed by atoms with van der Waals surface area (Å²) in [5, 5.41) is 6.10. The van der Waals surface area contributed by atoms with Gasteiger partial charge < -0.3 is 20.4 Å². The molecule has 5 rings (SSSR count). The zero-order valence-electron chi connectivity index (χ0n) is 17.6. The summed E-state index contributed by atoms with van der Waals surface area (Å²) in [7, 11) is 0. The molecule has 7 nitrogen and oxygen atoms in total. The normalized spacial score (nSPS) is 21.5. The number of anilines is 1. The molecule has 0 radical (unpaired) electrons. The summed E-state index contributed by atoms with van der Waals surface area (Å²) < 4.78 is 14.3. The molecule has 2 N–H and O–H groups in total. The number of fused-ring (bicyclic) bond motifs is 2. The first-order valence-electron chi connectivity index (χ1n) is 11.0. The number of hydrogen-bond donors (Lipinski definition) is 2. The lowest BCUT2D eigenvalue weighted by atomic mass is 9.95. The van der Waals surface area contributed by atoms with E-state index in [0.717, 1.165) is 25.9 Å². The van der Waals surface area contributed by atoms with Crippen molar-refractivity contribution in [1.29, 1.82) is 0 Å². The fraction of sp³-hybridized carbons (Fsp3) is 0.375. The average molecular weight is 436 g/mol. The molecule has 8 heteroatoms. The second kappa shape index (κ2) is 8.35. The zero-order valence-corrected chi connectivity index (χ0v) is 17.6. The lowest BCUT2D eigenvalue weighted by Gasteiger charge is -2.41. The van der Waals surface area contributed by atoms with E-state index in [1.54, 1.807) is 46.2 Å². The number of halogens is 1. The van der Waals surface area contributed by atoms with Crippen molar-refractivity contribution in [2.45, 2.75) is 18.9 Å². The summed E-state index contributed by atoms with van der Waals surface area (Å²) >= 11 is 0. The standard InChI is InChI=1S/C24H25FN4O3/c25-19-4-2-1-3-17(19)16-5-6-20-18(13-16)24(32)29-12-11-28(14-21(29)22(30)27-20)23(31)15-7-9-26-10-8-15/h1-6,13,15,21,26H,7-12,14H2,(H,27,30)/t21-/m1/s1. The van der Waals surface area contributed by atoms with Crippen molar-refractivity contribution >= 4 is 23.4 Å². The van der Waals surface area contributed by atoms with Crippen molar-refractivity contribution in [3.05, 3.63) is 53.8 Å². The largest absolute Gasteiger partial charge is 0.338 e. The van der Waals surface area contributed by atoms with Gasteiger partial charge in [-0.05, 0) is 49.7 Å². The van der Waals surface area contributed by atoms with Crippen molar-refractivity contribution in [3.8, 4) is 11.1 Å². The van der Waals surface area contributed by atoms with E-state index in [2.05, 4.69) is 10.6 Å². The van der Waals surface area contributed by atoms with Crippen LogP contribution in [0, 0.1) is 11.7 Å². The topological polar surface area (TPSA) is 81.8 Å². The Morgan fingerprint density at radius 1 is 1.00 bits per heavy atom. The Balaban J connectivity index is 1.41. The van der Waals surface area contributed by atoms with E-state index in [-0.39, 0.29) is 42.5 Å². The Hall–Kier alpha value is -3.26. The van der Waals surface area contributed by atoms with Crippen molar-refractivity contribution < 1.29 is 18.8 Å².